The molecule has 27 heavy (non-hydrogen) atoms. The summed E-state index contributed by atoms with van der Waals surface area (Å²) >= 11 is 0. The summed E-state index contributed by atoms with van der Waals surface area (Å²) in [7, 11) is -1.63. The lowest BCUT2D eigenvalue weighted by molar-refractivity contribution is 0.296. The zero-order valence-corrected chi connectivity index (χ0v) is 18.6. The molecule has 0 bridgehead atoms. The molecule has 1 aliphatic heterocycles. The van der Waals surface area contributed by atoms with Gasteiger partial charge in [-0.25, -0.2) is 4.99 Å². The Kier molecular flexibility index (Phi) is 4.89. The second-order valence-electron chi connectivity index (χ2n) is 9.30. The second-order valence-corrected chi connectivity index (χ2v) is 13.9. The van der Waals surface area contributed by atoms with Crippen molar-refractivity contribution in [1.82, 2.24) is 0 Å². The van der Waals surface area contributed by atoms with E-state index in [1.165, 1.54) is 0 Å². The Morgan fingerprint density at radius 3 is 1.59 bits per heavy atom. The molecule has 0 atom stereocenters. The maximum Gasteiger partial charge on any atom is 0.174 e. The van der Waals surface area contributed by atoms with Crippen LogP contribution in [-0.4, -0.2) is 19.9 Å². The molecule has 0 aromatic heterocycles. The van der Waals surface area contributed by atoms with Crippen molar-refractivity contribution in [2.24, 2.45) is 20.5 Å². The van der Waals surface area contributed by atoms with Crippen LogP contribution >= 0.6 is 0 Å². The molecule has 0 amide bonds. The van der Waals surface area contributed by atoms with E-state index < -0.39 is 8.24 Å². The summed E-state index contributed by atoms with van der Waals surface area (Å²) < 4.78 is 5.12. The van der Waals surface area contributed by atoms with Crippen LogP contribution in [0.15, 0.2) is 70.3 Å². The quantitative estimate of drug-likeness (QED) is 0.559. The van der Waals surface area contributed by atoms with Crippen molar-refractivity contribution in [2.45, 2.75) is 47.3 Å². The summed E-state index contributed by atoms with van der Waals surface area (Å²) in [6, 6.07) is 21.0. The standard InChI is InChI=1S/C23H31N3Si/c1-22(2)20(25-27(5,6)7)24-21(23(22,3)4)26(18-14-10-8-11-15-18)19-16-12-9-13-17-19/h8-17H,1-7H3/b25-20-. The van der Waals surface area contributed by atoms with Crippen molar-refractivity contribution >= 4 is 31.3 Å². The summed E-state index contributed by atoms with van der Waals surface area (Å²) in [5.74, 6) is 2.04. The van der Waals surface area contributed by atoms with Gasteiger partial charge in [0.15, 0.2) is 8.24 Å². The minimum atomic E-state index is -1.63. The van der Waals surface area contributed by atoms with Crippen LogP contribution in [0.5, 0.6) is 0 Å². The Morgan fingerprint density at radius 1 is 0.741 bits per heavy atom. The number of aliphatic imine (C=N–C) groups is 1. The first-order valence-electron chi connectivity index (χ1n) is 9.64. The van der Waals surface area contributed by atoms with E-state index in [1.54, 1.807) is 0 Å². The Morgan fingerprint density at radius 2 is 1.19 bits per heavy atom. The summed E-state index contributed by atoms with van der Waals surface area (Å²) in [6.45, 7) is 15.9. The van der Waals surface area contributed by atoms with Gasteiger partial charge in [0, 0.05) is 22.2 Å². The minimum Gasteiger partial charge on any atom is -0.309 e. The van der Waals surface area contributed by atoms with E-state index in [4.69, 9.17) is 9.65 Å². The summed E-state index contributed by atoms with van der Waals surface area (Å²) in [6.07, 6.45) is 0. The molecule has 0 fully saturated rings. The largest absolute Gasteiger partial charge is 0.309 e. The predicted molar refractivity (Wildman–Crippen MR) is 121 cm³/mol. The number of para-hydroxylation sites is 2. The van der Waals surface area contributed by atoms with Crippen LogP contribution in [0.2, 0.25) is 19.6 Å². The second kappa shape index (κ2) is 6.75. The van der Waals surface area contributed by atoms with Crippen LogP contribution in [0, 0.1) is 10.8 Å². The normalized spacial score (nSPS) is 19.8. The molecule has 0 spiro atoms. The van der Waals surface area contributed by atoms with Gasteiger partial charge in [0.1, 0.15) is 11.7 Å². The van der Waals surface area contributed by atoms with Gasteiger partial charge in [0.2, 0.25) is 0 Å². The van der Waals surface area contributed by atoms with Gasteiger partial charge < -0.3 is 4.66 Å². The Bertz CT molecular complexity index is 820. The maximum absolute atomic E-state index is 5.16. The average molecular weight is 378 g/mol. The number of rotatable bonds is 3. The zero-order valence-electron chi connectivity index (χ0n) is 17.6. The molecule has 2 aromatic carbocycles. The lowest BCUT2D eigenvalue weighted by Gasteiger charge is -2.39. The third-order valence-corrected chi connectivity index (χ3v) is 6.46. The molecule has 0 unspecified atom stereocenters. The van der Waals surface area contributed by atoms with Crippen molar-refractivity contribution in [3.05, 3.63) is 60.7 Å². The fourth-order valence-electron chi connectivity index (χ4n) is 3.30. The van der Waals surface area contributed by atoms with E-state index in [1.807, 2.05) is 0 Å². The van der Waals surface area contributed by atoms with Crippen molar-refractivity contribution in [1.29, 1.82) is 0 Å². The molecule has 2 aromatic rings. The van der Waals surface area contributed by atoms with E-state index in [0.29, 0.717) is 0 Å². The average Bonchev–Trinajstić information content (AvgIpc) is 2.76. The SMILES string of the molecule is CC1(C)C(N(c2ccccc2)c2ccccc2)=N/C(=N\[Si](C)(C)C)C1(C)C. The molecule has 0 saturated heterocycles. The van der Waals surface area contributed by atoms with Crippen LogP contribution in [0.3, 0.4) is 0 Å². The van der Waals surface area contributed by atoms with E-state index in [9.17, 15) is 0 Å². The Labute approximate surface area is 165 Å². The van der Waals surface area contributed by atoms with Crippen LogP contribution in [0.25, 0.3) is 0 Å². The van der Waals surface area contributed by atoms with Gasteiger partial charge in [-0.1, -0.05) is 64.1 Å². The number of hydrogen-bond donors (Lipinski definition) is 0. The number of anilines is 2. The molecule has 1 aliphatic rings. The Hall–Kier alpha value is -2.20. The van der Waals surface area contributed by atoms with Gasteiger partial charge >= 0.3 is 0 Å². The fraction of sp³-hybridized carbons (Fsp3) is 0.391. The number of amidine groups is 2. The van der Waals surface area contributed by atoms with E-state index in [0.717, 1.165) is 23.0 Å². The van der Waals surface area contributed by atoms with Gasteiger partial charge in [-0.05, 0) is 43.9 Å². The number of nitrogens with zero attached hydrogens (tertiary/aromatic N) is 3. The van der Waals surface area contributed by atoms with E-state index >= 15 is 0 Å². The molecule has 0 saturated carbocycles. The van der Waals surface area contributed by atoms with Gasteiger partial charge in [0.25, 0.3) is 0 Å². The molecule has 142 valence electrons. The molecule has 4 heteroatoms. The topological polar surface area (TPSA) is 28.0 Å². The van der Waals surface area contributed by atoms with Gasteiger partial charge in [-0.15, -0.1) is 0 Å². The third-order valence-electron chi connectivity index (χ3n) is 5.57. The Balaban J connectivity index is 2.22. The van der Waals surface area contributed by atoms with Crippen molar-refractivity contribution < 1.29 is 0 Å². The van der Waals surface area contributed by atoms with Crippen LogP contribution < -0.4 is 4.90 Å². The highest BCUT2D eigenvalue weighted by atomic mass is 28.3. The lowest BCUT2D eigenvalue weighted by Crippen LogP contribution is -2.44. The zero-order chi connectivity index (χ0) is 19.9. The van der Waals surface area contributed by atoms with Gasteiger partial charge in [-0.2, -0.15) is 0 Å². The maximum atomic E-state index is 5.16. The number of benzene rings is 2. The predicted octanol–water partition coefficient (Wildman–Crippen LogP) is 6.52. The van der Waals surface area contributed by atoms with E-state index in [2.05, 4.69) is 113 Å². The molecule has 3 nitrogen and oxygen atoms in total. The number of hydrogen-bond acceptors (Lipinski definition) is 2. The minimum absolute atomic E-state index is 0.134. The summed E-state index contributed by atoms with van der Waals surface area (Å²) in [5, 5.41) is 0. The molecular weight excluding hydrogens is 346 g/mol. The highest BCUT2D eigenvalue weighted by Gasteiger charge is 2.52. The van der Waals surface area contributed by atoms with E-state index in [-0.39, 0.29) is 10.8 Å². The van der Waals surface area contributed by atoms with Crippen molar-refractivity contribution in [2.75, 3.05) is 4.90 Å². The monoisotopic (exact) mass is 377 g/mol. The first-order chi connectivity index (χ1) is 12.5. The van der Waals surface area contributed by atoms with Crippen LogP contribution in [-0.2, 0) is 0 Å². The molecular formula is C23H31N3Si. The first kappa shape index (κ1) is 19.6. The first-order valence-corrected chi connectivity index (χ1v) is 13.1. The third kappa shape index (κ3) is 3.63. The molecule has 0 radical (unpaired) electrons. The lowest BCUT2D eigenvalue weighted by atomic mass is 9.68. The molecule has 0 aliphatic carbocycles. The van der Waals surface area contributed by atoms with Crippen molar-refractivity contribution in [3.63, 3.8) is 0 Å². The highest BCUT2D eigenvalue weighted by Crippen LogP contribution is 2.49. The van der Waals surface area contributed by atoms with Gasteiger partial charge in [-0.3, -0.25) is 4.90 Å². The molecule has 0 N–H and O–H groups in total. The van der Waals surface area contributed by atoms with Gasteiger partial charge in [0.05, 0.1) is 0 Å². The molecule has 1 heterocycles. The summed E-state index contributed by atoms with van der Waals surface area (Å²) in [5.41, 5.74) is 1.96. The fourth-order valence-corrected chi connectivity index (χ4v) is 4.26. The van der Waals surface area contributed by atoms with Crippen molar-refractivity contribution in [3.8, 4) is 0 Å². The van der Waals surface area contributed by atoms with Crippen LogP contribution in [0.1, 0.15) is 27.7 Å². The molecule has 3 rings (SSSR count). The smallest absolute Gasteiger partial charge is 0.174 e. The summed E-state index contributed by atoms with van der Waals surface area (Å²) in [4.78, 5) is 7.45. The van der Waals surface area contributed by atoms with Crippen LogP contribution in [0.4, 0.5) is 11.4 Å². The highest BCUT2D eigenvalue weighted by molar-refractivity contribution is 6.75.